The molecule has 4 nitrogen and oxygen atoms in total. The monoisotopic (exact) mass is 350 g/mol. The number of carbonyl (C=O) groups is 2. The van der Waals surface area contributed by atoms with Crippen LogP contribution in [0.15, 0.2) is 48.5 Å². The Morgan fingerprint density at radius 1 is 1.04 bits per heavy atom. The molecule has 1 heterocycles. The lowest BCUT2D eigenvalue weighted by molar-refractivity contribution is -0.128. The van der Waals surface area contributed by atoms with E-state index in [9.17, 15) is 9.59 Å². The molecule has 0 aliphatic carbocycles. The highest BCUT2D eigenvalue weighted by molar-refractivity contribution is 6.04. The third-order valence-corrected chi connectivity index (χ3v) is 4.77. The van der Waals surface area contributed by atoms with Gasteiger partial charge in [-0.05, 0) is 47.2 Å². The normalized spacial score (nSPS) is 14.6. The van der Waals surface area contributed by atoms with Gasteiger partial charge in [0.15, 0.2) is 0 Å². The van der Waals surface area contributed by atoms with Gasteiger partial charge in [0.2, 0.25) is 5.91 Å². The molecule has 0 unspecified atom stereocenters. The van der Waals surface area contributed by atoms with Crippen LogP contribution in [0.3, 0.4) is 0 Å². The maximum absolute atomic E-state index is 12.4. The first-order chi connectivity index (χ1) is 12.3. The lowest BCUT2D eigenvalue weighted by Crippen LogP contribution is -2.23. The number of carbonyl (C=O) groups excluding carboxylic acids is 2. The van der Waals surface area contributed by atoms with Gasteiger partial charge >= 0.3 is 0 Å². The fourth-order valence-electron chi connectivity index (χ4n) is 3.11. The van der Waals surface area contributed by atoms with E-state index in [4.69, 9.17) is 0 Å². The second-order valence-electron chi connectivity index (χ2n) is 7.90. The summed E-state index contributed by atoms with van der Waals surface area (Å²) >= 11 is 0. The molecule has 0 radical (unpaired) electrons. The molecule has 136 valence electrons. The van der Waals surface area contributed by atoms with E-state index in [0.717, 1.165) is 24.2 Å². The zero-order valence-corrected chi connectivity index (χ0v) is 15.7. The minimum Gasteiger partial charge on any atom is -0.338 e. The molecule has 2 aromatic rings. The maximum Gasteiger partial charge on any atom is 0.255 e. The number of hydrogen-bond acceptors (Lipinski definition) is 2. The van der Waals surface area contributed by atoms with Crippen molar-refractivity contribution in [3.63, 3.8) is 0 Å². The number of anilines is 1. The first kappa shape index (κ1) is 18.2. The standard InChI is InChI=1S/C22H26N2O2/c1-22(2,3)18-10-12-19(13-11-18)23-21(26)17-8-6-16(7-9-17)15-24-14-4-5-20(24)25/h6-13H,4-5,14-15H2,1-3H3,(H,23,26). The summed E-state index contributed by atoms with van der Waals surface area (Å²) in [6, 6.07) is 15.4. The molecule has 0 saturated carbocycles. The smallest absolute Gasteiger partial charge is 0.255 e. The minimum absolute atomic E-state index is 0.0924. The molecule has 0 spiro atoms. The molecule has 0 bridgehead atoms. The molecule has 0 atom stereocenters. The first-order valence-corrected chi connectivity index (χ1v) is 9.11. The lowest BCUT2D eigenvalue weighted by Gasteiger charge is -2.19. The van der Waals surface area contributed by atoms with Gasteiger partial charge in [-0.15, -0.1) is 0 Å². The number of amides is 2. The average molecular weight is 350 g/mol. The number of hydrogen-bond donors (Lipinski definition) is 1. The Morgan fingerprint density at radius 2 is 1.69 bits per heavy atom. The highest BCUT2D eigenvalue weighted by Crippen LogP contribution is 2.23. The van der Waals surface area contributed by atoms with Crippen molar-refractivity contribution in [1.29, 1.82) is 0 Å². The van der Waals surface area contributed by atoms with Crippen LogP contribution in [0.2, 0.25) is 0 Å². The van der Waals surface area contributed by atoms with E-state index in [1.165, 1.54) is 5.56 Å². The highest BCUT2D eigenvalue weighted by Gasteiger charge is 2.20. The number of likely N-dealkylation sites (tertiary alicyclic amines) is 1. The maximum atomic E-state index is 12.4. The zero-order valence-electron chi connectivity index (χ0n) is 15.7. The average Bonchev–Trinajstić information content (AvgIpc) is 3.00. The van der Waals surface area contributed by atoms with Gasteiger partial charge in [-0.3, -0.25) is 9.59 Å². The summed E-state index contributed by atoms with van der Waals surface area (Å²) < 4.78 is 0. The molecule has 2 amide bonds. The number of nitrogens with zero attached hydrogens (tertiary/aromatic N) is 1. The Hall–Kier alpha value is -2.62. The Kier molecular flexibility index (Phi) is 5.12. The Morgan fingerprint density at radius 3 is 2.23 bits per heavy atom. The first-order valence-electron chi connectivity index (χ1n) is 9.11. The summed E-state index contributed by atoms with van der Waals surface area (Å²) in [6.45, 7) is 7.94. The predicted molar refractivity (Wildman–Crippen MR) is 104 cm³/mol. The number of rotatable bonds is 4. The molecule has 26 heavy (non-hydrogen) atoms. The van der Waals surface area contributed by atoms with Crippen LogP contribution < -0.4 is 5.32 Å². The molecule has 1 N–H and O–H groups in total. The molecule has 1 aliphatic rings. The van der Waals surface area contributed by atoms with Gasteiger partial charge in [-0.25, -0.2) is 0 Å². The molecule has 2 aromatic carbocycles. The van der Waals surface area contributed by atoms with Crippen molar-refractivity contribution < 1.29 is 9.59 Å². The van der Waals surface area contributed by atoms with E-state index in [0.29, 0.717) is 18.5 Å². The Bertz CT molecular complexity index is 786. The fourth-order valence-corrected chi connectivity index (χ4v) is 3.11. The SMILES string of the molecule is CC(C)(C)c1ccc(NC(=O)c2ccc(CN3CCCC3=O)cc2)cc1. The van der Waals surface area contributed by atoms with Crippen molar-refractivity contribution in [3.05, 3.63) is 65.2 Å². The van der Waals surface area contributed by atoms with Crippen LogP contribution in [-0.2, 0) is 16.8 Å². The van der Waals surface area contributed by atoms with E-state index in [1.54, 1.807) is 0 Å². The van der Waals surface area contributed by atoms with Gasteiger partial charge in [0.1, 0.15) is 0 Å². The molecule has 0 aromatic heterocycles. The zero-order chi connectivity index (χ0) is 18.7. The van der Waals surface area contributed by atoms with Gasteiger partial charge in [0, 0.05) is 30.8 Å². The largest absolute Gasteiger partial charge is 0.338 e. The van der Waals surface area contributed by atoms with Crippen molar-refractivity contribution in [2.75, 3.05) is 11.9 Å². The van der Waals surface area contributed by atoms with Crippen LogP contribution in [0.1, 0.15) is 55.1 Å². The molecule has 1 fully saturated rings. The van der Waals surface area contributed by atoms with Gasteiger partial charge in [0.25, 0.3) is 5.91 Å². The summed E-state index contributed by atoms with van der Waals surface area (Å²) in [5, 5.41) is 2.93. The molecular weight excluding hydrogens is 324 g/mol. The van der Waals surface area contributed by atoms with E-state index < -0.39 is 0 Å². The van der Waals surface area contributed by atoms with E-state index in [1.807, 2.05) is 53.4 Å². The van der Waals surface area contributed by atoms with Gasteiger partial charge in [0.05, 0.1) is 0 Å². The number of benzene rings is 2. The van der Waals surface area contributed by atoms with Crippen LogP contribution in [0.5, 0.6) is 0 Å². The second kappa shape index (κ2) is 7.32. The highest BCUT2D eigenvalue weighted by atomic mass is 16.2. The number of nitrogens with one attached hydrogen (secondary N) is 1. The van der Waals surface area contributed by atoms with Crippen molar-refractivity contribution in [2.24, 2.45) is 0 Å². The van der Waals surface area contributed by atoms with Crippen molar-refractivity contribution >= 4 is 17.5 Å². The van der Waals surface area contributed by atoms with E-state index >= 15 is 0 Å². The Balaban J connectivity index is 1.62. The molecule has 1 aliphatic heterocycles. The van der Waals surface area contributed by atoms with Crippen molar-refractivity contribution in [3.8, 4) is 0 Å². The third kappa shape index (κ3) is 4.31. The van der Waals surface area contributed by atoms with E-state index in [2.05, 4.69) is 26.1 Å². The van der Waals surface area contributed by atoms with Gasteiger partial charge < -0.3 is 10.2 Å². The molecular formula is C22H26N2O2. The van der Waals surface area contributed by atoms with E-state index in [-0.39, 0.29) is 17.2 Å². The second-order valence-corrected chi connectivity index (χ2v) is 7.90. The quantitative estimate of drug-likeness (QED) is 0.891. The predicted octanol–water partition coefficient (Wildman–Crippen LogP) is 4.36. The summed E-state index contributed by atoms with van der Waals surface area (Å²) in [5.41, 5.74) is 3.77. The van der Waals surface area contributed by atoms with Crippen LogP contribution >= 0.6 is 0 Å². The Labute approximate surface area is 155 Å². The fraction of sp³-hybridized carbons (Fsp3) is 0.364. The van der Waals surface area contributed by atoms with Gasteiger partial charge in [-0.1, -0.05) is 45.0 Å². The third-order valence-electron chi connectivity index (χ3n) is 4.77. The van der Waals surface area contributed by atoms with Crippen LogP contribution in [0, 0.1) is 0 Å². The summed E-state index contributed by atoms with van der Waals surface area (Å²) in [5.74, 6) is 0.0860. The molecule has 3 rings (SSSR count). The van der Waals surface area contributed by atoms with Crippen molar-refractivity contribution in [1.82, 2.24) is 4.90 Å². The van der Waals surface area contributed by atoms with Gasteiger partial charge in [-0.2, -0.15) is 0 Å². The van der Waals surface area contributed by atoms with Crippen LogP contribution in [-0.4, -0.2) is 23.3 Å². The lowest BCUT2D eigenvalue weighted by atomic mass is 9.87. The van der Waals surface area contributed by atoms with Crippen molar-refractivity contribution in [2.45, 2.75) is 45.6 Å². The summed E-state index contributed by atoms with van der Waals surface area (Å²) in [6.07, 6.45) is 1.59. The van der Waals surface area contributed by atoms with Crippen LogP contribution in [0.4, 0.5) is 5.69 Å². The molecule has 1 saturated heterocycles. The topological polar surface area (TPSA) is 49.4 Å². The minimum atomic E-state index is -0.127. The molecule has 4 heteroatoms. The van der Waals surface area contributed by atoms with Crippen LogP contribution in [0.25, 0.3) is 0 Å². The summed E-state index contributed by atoms with van der Waals surface area (Å²) in [7, 11) is 0. The summed E-state index contributed by atoms with van der Waals surface area (Å²) in [4.78, 5) is 26.0.